The summed E-state index contributed by atoms with van der Waals surface area (Å²) in [6.45, 7) is 3.47. The smallest absolute Gasteiger partial charge is 0.136 e. The fourth-order valence-corrected chi connectivity index (χ4v) is 1.01. The predicted octanol–water partition coefficient (Wildman–Crippen LogP) is 1.82. The summed E-state index contributed by atoms with van der Waals surface area (Å²) in [6.07, 6.45) is 5.37. The molecule has 0 saturated heterocycles. The van der Waals surface area contributed by atoms with E-state index in [1.807, 2.05) is 6.92 Å². The standard InChI is InChI=1S/C10H12O2/c1-4-7-10(3,11)9-6-5-8(2)12-9/h1,5-6,11H,7H2,2-3H3. The Hall–Kier alpha value is -1.20. The highest BCUT2D eigenvalue weighted by atomic mass is 16.4. The van der Waals surface area contributed by atoms with E-state index in [2.05, 4.69) is 5.92 Å². The molecule has 0 saturated carbocycles. The van der Waals surface area contributed by atoms with Crippen LogP contribution in [0.15, 0.2) is 16.5 Å². The number of furan rings is 1. The van der Waals surface area contributed by atoms with Crippen LogP contribution in [0, 0.1) is 19.3 Å². The Labute approximate surface area is 72.2 Å². The van der Waals surface area contributed by atoms with Gasteiger partial charge in [-0.15, -0.1) is 12.3 Å². The Kier molecular flexibility index (Phi) is 2.25. The van der Waals surface area contributed by atoms with Crippen LogP contribution < -0.4 is 0 Å². The molecule has 0 aliphatic carbocycles. The molecule has 1 heterocycles. The molecular weight excluding hydrogens is 152 g/mol. The van der Waals surface area contributed by atoms with Crippen LogP contribution in [0.25, 0.3) is 0 Å². The molecule has 1 N–H and O–H groups in total. The average molecular weight is 164 g/mol. The quantitative estimate of drug-likeness (QED) is 0.676. The molecular formula is C10H12O2. The third kappa shape index (κ3) is 1.69. The summed E-state index contributed by atoms with van der Waals surface area (Å²) in [4.78, 5) is 0. The average Bonchev–Trinajstić information content (AvgIpc) is 2.36. The number of aryl methyl sites for hydroxylation is 1. The van der Waals surface area contributed by atoms with Crippen molar-refractivity contribution in [3.8, 4) is 12.3 Å². The van der Waals surface area contributed by atoms with Gasteiger partial charge in [-0.05, 0) is 26.0 Å². The van der Waals surface area contributed by atoms with Crippen molar-refractivity contribution in [3.63, 3.8) is 0 Å². The fourth-order valence-electron chi connectivity index (χ4n) is 1.01. The van der Waals surface area contributed by atoms with Gasteiger partial charge in [0.15, 0.2) is 0 Å². The molecule has 1 aromatic heterocycles. The second kappa shape index (κ2) is 3.04. The van der Waals surface area contributed by atoms with Crippen LogP contribution in [0.5, 0.6) is 0 Å². The molecule has 0 spiro atoms. The normalized spacial score (nSPS) is 15.2. The van der Waals surface area contributed by atoms with Gasteiger partial charge < -0.3 is 9.52 Å². The third-order valence-electron chi connectivity index (χ3n) is 1.72. The Morgan fingerprint density at radius 1 is 1.67 bits per heavy atom. The highest BCUT2D eigenvalue weighted by Gasteiger charge is 2.25. The molecule has 2 nitrogen and oxygen atoms in total. The molecule has 1 unspecified atom stereocenters. The number of hydrogen-bond acceptors (Lipinski definition) is 2. The molecule has 1 atom stereocenters. The number of aliphatic hydroxyl groups is 1. The Balaban J connectivity index is 2.90. The molecule has 1 aromatic rings. The first kappa shape index (κ1) is 8.89. The van der Waals surface area contributed by atoms with Crippen LogP contribution >= 0.6 is 0 Å². The van der Waals surface area contributed by atoms with Crippen LogP contribution in [0.2, 0.25) is 0 Å². The van der Waals surface area contributed by atoms with E-state index in [1.54, 1.807) is 19.1 Å². The van der Waals surface area contributed by atoms with E-state index in [9.17, 15) is 5.11 Å². The molecule has 2 heteroatoms. The lowest BCUT2D eigenvalue weighted by Crippen LogP contribution is -2.19. The van der Waals surface area contributed by atoms with Crippen molar-refractivity contribution in [1.29, 1.82) is 0 Å². The third-order valence-corrected chi connectivity index (χ3v) is 1.72. The van der Waals surface area contributed by atoms with Gasteiger partial charge in [-0.1, -0.05) is 0 Å². The maximum Gasteiger partial charge on any atom is 0.136 e. The summed E-state index contributed by atoms with van der Waals surface area (Å²) in [5.41, 5.74) is -1.04. The van der Waals surface area contributed by atoms with Gasteiger partial charge in [-0.25, -0.2) is 0 Å². The molecule has 64 valence electrons. The van der Waals surface area contributed by atoms with Gasteiger partial charge in [-0.2, -0.15) is 0 Å². The Bertz CT molecular complexity index is 302. The predicted molar refractivity (Wildman–Crippen MR) is 46.5 cm³/mol. The van der Waals surface area contributed by atoms with Gasteiger partial charge in [0.1, 0.15) is 17.1 Å². The zero-order valence-electron chi connectivity index (χ0n) is 7.29. The summed E-state index contributed by atoms with van der Waals surface area (Å²) in [6, 6.07) is 3.55. The number of hydrogen-bond donors (Lipinski definition) is 1. The van der Waals surface area contributed by atoms with Crippen molar-refractivity contribution in [3.05, 3.63) is 23.7 Å². The van der Waals surface area contributed by atoms with E-state index in [1.165, 1.54) is 0 Å². The molecule has 0 fully saturated rings. The second-order valence-electron chi connectivity index (χ2n) is 3.07. The maximum atomic E-state index is 9.76. The molecule has 0 aromatic carbocycles. The zero-order chi connectivity index (χ0) is 9.19. The topological polar surface area (TPSA) is 33.4 Å². The molecule has 12 heavy (non-hydrogen) atoms. The van der Waals surface area contributed by atoms with Crippen molar-refractivity contribution >= 4 is 0 Å². The number of terminal acetylenes is 1. The van der Waals surface area contributed by atoms with Crippen molar-refractivity contribution < 1.29 is 9.52 Å². The summed E-state index contributed by atoms with van der Waals surface area (Å²) in [5.74, 6) is 3.71. The van der Waals surface area contributed by atoms with E-state index in [0.717, 1.165) is 5.76 Å². The van der Waals surface area contributed by atoms with E-state index in [-0.39, 0.29) is 6.42 Å². The van der Waals surface area contributed by atoms with Gasteiger partial charge in [0.2, 0.25) is 0 Å². The number of rotatable bonds is 2. The van der Waals surface area contributed by atoms with Crippen molar-refractivity contribution in [1.82, 2.24) is 0 Å². The molecule has 0 bridgehead atoms. The lowest BCUT2D eigenvalue weighted by Gasteiger charge is -2.16. The first-order valence-electron chi connectivity index (χ1n) is 3.79. The lowest BCUT2D eigenvalue weighted by molar-refractivity contribution is 0.0386. The summed E-state index contributed by atoms with van der Waals surface area (Å²) in [7, 11) is 0. The SMILES string of the molecule is C#CCC(C)(O)c1ccc(C)o1. The Morgan fingerprint density at radius 3 is 2.75 bits per heavy atom. The van der Waals surface area contributed by atoms with Gasteiger partial charge in [0.25, 0.3) is 0 Å². The second-order valence-corrected chi connectivity index (χ2v) is 3.07. The summed E-state index contributed by atoms with van der Waals surface area (Å²) >= 11 is 0. The van der Waals surface area contributed by atoms with Gasteiger partial charge in [0, 0.05) is 6.42 Å². The van der Waals surface area contributed by atoms with Crippen LogP contribution in [0.3, 0.4) is 0 Å². The van der Waals surface area contributed by atoms with Crippen LogP contribution in [-0.4, -0.2) is 5.11 Å². The minimum Gasteiger partial charge on any atom is -0.463 e. The van der Waals surface area contributed by atoms with Crippen molar-refractivity contribution in [2.45, 2.75) is 25.9 Å². The monoisotopic (exact) mass is 164 g/mol. The zero-order valence-corrected chi connectivity index (χ0v) is 7.29. The molecule has 0 aliphatic heterocycles. The van der Waals surface area contributed by atoms with Gasteiger partial charge in [0.05, 0.1) is 0 Å². The summed E-state index contributed by atoms with van der Waals surface area (Å²) in [5, 5.41) is 9.76. The lowest BCUT2D eigenvalue weighted by atomic mass is 10.0. The van der Waals surface area contributed by atoms with Crippen molar-refractivity contribution in [2.24, 2.45) is 0 Å². The van der Waals surface area contributed by atoms with Crippen LogP contribution in [0.4, 0.5) is 0 Å². The largest absolute Gasteiger partial charge is 0.463 e. The Morgan fingerprint density at radius 2 is 2.33 bits per heavy atom. The van der Waals surface area contributed by atoms with E-state index >= 15 is 0 Å². The first-order chi connectivity index (χ1) is 5.56. The minimum absolute atomic E-state index is 0.264. The highest BCUT2D eigenvalue weighted by Crippen LogP contribution is 2.25. The van der Waals surface area contributed by atoms with Crippen molar-refractivity contribution in [2.75, 3.05) is 0 Å². The fraction of sp³-hybridized carbons (Fsp3) is 0.400. The molecule has 0 amide bonds. The van der Waals surface area contributed by atoms with E-state index < -0.39 is 5.60 Å². The maximum absolute atomic E-state index is 9.76. The molecule has 0 aliphatic rings. The van der Waals surface area contributed by atoms with E-state index in [0.29, 0.717) is 5.76 Å². The molecule has 0 radical (unpaired) electrons. The molecule has 1 rings (SSSR count). The van der Waals surface area contributed by atoms with Gasteiger partial charge >= 0.3 is 0 Å². The van der Waals surface area contributed by atoms with E-state index in [4.69, 9.17) is 10.8 Å². The minimum atomic E-state index is -1.04. The first-order valence-corrected chi connectivity index (χ1v) is 3.79. The van der Waals surface area contributed by atoms with Crippen LogP contribution in [-0.2, 0) is 5.60 Å². The van der Waals surface area contributed by atoms with Gasteiger partial charge in [-0.3, -0.25) is 0 Å². The highest BCUT2D eigenvalue weighted by molar-refractivity contribution is 5.14. The summed E-state index contributed by atoms with van der Waals surface area (Å²) < 4.78 is 5.26. The van der Waals surface area contributed by atoms with Crippen LogP contribution in [0.1, 0.15) is 24.9 Å².